The highest BCUT2D eigenvalue weighted by Gasteiger charge is 2.05. The number of rotatable bonds is 2. The molecule has 0 saturated heterocycles. The molecule has 66 valence electrons. The molecule has 0 radical (unpaired) electrons. The van der Waals surface area contributed by atoms with Crippen molar-refractivity contribution < 1.29 is 0 Å². The van der Waals surface area contributed by atoms with Gasteiger partial charge in [-0.3, -0.25) is 0 Å². The van der Waals surface area contributed by atoms with Crippen molar-refractivity contribution in [2.24, 2.45) is 0 Å². The lowest BCUT2D eigenvalue weighted by Crippen LogP contribution is -2.06. The number of nitrogens with one attached hydrogen (secondary N) is 2. The first-order valence-electron chi connectivity index (χ1n) is 3.68. The van der Waals surface area contributed by atoms with Gasteiger partial charge in [0, 0.05) is 14.1 Å². The number of nitrogens with zero attached hydrogens (tertiary/aromatic N) is 2. The fourth-order valence-electron chi connectivity index (χ4n) is 0.884. The summed E-state index contributed by atoms with van der Waals surface area (Å²) in [5.74, 6) is 1.23. The van der Waals surface area contributed by atoms with Crippen molar-refractivity contribution in [1.29, 1.82) is 0 Å². The monoisotopic (exact) mass is 167 g/mol. The summed E-state index contributed by atoms with van der Waals surface area (Å²) in [5.41, 5.74) is 7.07. The van der Waals surface area contributed by atoms with Crippen LogP contribution in [0.4, 0.5) is 17.5 Å². The third-order valence-corrected chi connectivity index (χ3v) is 1.60. The molecule has 0 aliphatic rings. The minimum Gasteiger partial charge on any atom is -0.394 e. The van der Waals surface area contributed by atoms with Crippen LogP contribution in [0, 0.1) is 6.92 Å². The van der Waals surface area contributed by atoms with Crippen LogP contribution in [0.1, 0.15) is 5.69 Å². The van der Waals surface area contributed by atoms with Crippen LogP contribution in [-0.4, -0.2) is 24.1 Å². The van der Waals surface area contributed by atoms with Gasteiger partial charge in [-0.1, -0.05) is 0 Å². The SMILES string of the molecule is CNc1nc(C)c(N)c(NC)n1. The number of aromatic nitrogens is 2. The second kappa shape index (κ2) is 3.25. The van der Waals surface area contributed by atoms with Crippen molar-refractivity contribution in [1.82, 2.24) is 9.97 Å². The third-order valence-electron chi connectivity index (χ3n) is 1.60. The van der Waals surface area contributed by atoms with Crippen LogP contribution in [0.15, 0.2) is 0 Å². The first-order valence-corrected chi connectivity index (χ1v) is 3.68. The number of aryl methyl sites for hydroxylation is 1. The highest BCUT2D eigenvalue weighted by atomic mass is 15.1. The number of hydrogen-bond donors (Lipinski definition) is 3. The minimum atomic E-state index is 0.575. The molecule has 5 heteroatoms. The Balaban J connectivity index is 3.19. The Bertz CT molecular complexity index is 283. The Morgan fingerprint density at radius 3 is 2.33 bits per heavy atom. The predicted octanol–water partition coefficient (Wildman–Crippen LogP) is 0.451. The Morgan fingerprint density at radius 2 is 1.83 bits per heavy atom. The fourth-order valence-corrected chi connectivity index (χ4v) is 0.884. The Labute approximate surface area is 71.4 Å². The maximum absolute atomic E-state index is 5.70. The Kier molecular flexibility index (Phi) is 2.32. The van der Waals surface area contributed by atoms with Crippen molar-refractivity contribution in [3.8, 4) is 0 Å². The van der Waals surface area contributed by atoms with Gasteiger partial charge in [0.05, 0.1) is 11.4 Å². The maximum Gasteiger partial charge on any atom is 0.224 e. The average Bonchev–Trinajstić information content (AvgIpc) is 2.09. The molecule has 1 aromatic heterocycles. The van der Waals surface area contributed by atoms with Gasteiger partial charge < -0.3 is 16.4 Å². The van der Waals surface area contributed by atoms with Crippen LogP contribution in [0.3, 0.4) is 0 Å². The van der Waals surface area contributed by atoms with Crippen LogP contribution in [0.25, 0.3) is 0 Å². The summed E-state index contributed by atoms with van der Waals surface area (Å²) in [6.45, 7) is 1.85. The molecule has 0 fully saturated rings. The molecule has 0 aliphatic carbocycles. The molecule has 0 bridgehead atoms. The van der Waals surface area contributed by atoms with E-state index in [-0.39, 0.29) is 0 Å². The normalized spacial score (nSPS) is 9.58. The van der Waals surface area contributed by atoms with E-state index in [4.69, 9.17) is 5.73 Å². The molecular weight excluding hydrogens is 154 g/mol. The fraction of sp³-hybridized carbons (Fsp3) is 0.429. The summed E-state index contributed by atoms with van der Waals surface area (Å²) in [5, 5.41) is 5.75. The van der Waals surface area contributed by atoms with Gasteiger partial charge in [-0.05, 0) is 6.92 Å². The predicted molar refractivity (Wildman–Crippen MR) is 50.3 cm³/mol. The zero-order chi connectivity index (χ0) is 9.14. The van der Waals surface area contributed by atoms with Crippen molar-refractivity contribution in [3.05, 3.63) is 5.69 Å². The smallest absolute Gasteiger partial charge is 0.224 e. The van der Waals surface area contributed by atoms with Crippen LogP contribution in [0.2, 0.25) is 0 Å². The van der Waals surface area contributed by atoms with Gasteiger partial charge in [0.15, 0.2) is 5.82 Å². The van der Waals surface area contributed by atoms with Gasteiger partial charge in [-0.2, -0.15) is 4.98 Å². The van der Waals surface area contributed by atoms with E-state index in [0.29, 0.717) is 17.5 Å². The topological polar surface area (TPSA) is 75.9 Å². The summed E-state index contributed by atoms with van der Waals surface area (Å²) in [4.78, 5) is 8.22. The van der Waals surface area contributed by atoms with Crippen LogP contribution in [0.5, 0.6) is 0 Å². The molecular formula is C7H13N5. The van der Waals surface area contributed by atoms with E-state index >= 15 is 0 Å². The van der Waals surface area contributed by atoms with Gasteiger partial charge in [0.25, 0.3) is 0 Å². The lowest BCUT2D eigenvalue weighted by Gasteiger charge is -2.08. The molecule has 4 N–H and O–H groups in total. The zero-order valence-corrected chi connectivity index (χ0v) is 7.47. The zero-order valence-electron chi connectivity index (χ0n) is 7.47. The number of hydrogen-bond acceptors (Lipinski definition) is 5. The van der Waals surface area contributed by atoms with Gasteiger partial charge in [-0.25, -0.2) is 4.98 Å². The summed E-state index contributed by atoms with van der Waals surface area (Å²) in [6.07, 6.45) is 0. The Hall–Kier alpha value is -1.52. The lowest BCUT2D eigenvalue weighted by molar-refractivity contribution is 1.10. The molecule has 5 nitrogen and oxygen atoms in total. The van der Waals surface area contributed by atoms with Gasteiger partial charge in [0.1, 0.15) is 0 Å². The molecule has 0 saturated carbocycles. The quantitative estimate of drug-likeness (QED) is 0.596. The second-order valence-corrected chi connectivity index (χ2v) is 2.39. The highest BCUT2D eigenvalue weighted by Crippen LogP contribution is 2.19. The van der Waals surface area contributed by atoms with Crippen molar-refractivity contribution in [2.45, 2.75) is 6.92 Å². The third kappa shape index (κ3) is 1.39. The molecule has 12 heavy (non-hydrogen) atoms. The molecule has 0 spiro atoms. The van der Waals surface area contributed by atoms with Gasteiger partial charge in [0.2, 0.25) is 5.95 Å². The summed E-state index contributed by atoms with van der Waals surface area (Å²) >= 11 is 0. The molecule has 1 heterocycles. The lowest BCUT2D eigenvalue weighted by atomic mass is 10.3. The molecule has 0 amide bonds. The highest BCUT2D eigenvalue weighted by molar-refractivity contribution is 5.65. The number of nitrogens with two attached hydrogens (primary N) is 1. The Morgan fingerprint density at radius 1 is 1.17 bits per heavy atom. The van der Waals surface area contributed by atoms with E-state index in [1.807, 2.05) is 6.92 Å². The maximum atomic E-state index is 5.70. The molecule has 0 unspecified atom stereocenters. The second-order valence-electron chi connectivity index (χ2n) is 2.39. The largest absolute Gasteiger partial charge is 0.394 e. The number of anilines is 3. The van der Waals surface area contributed by atoms with Gasteiger partial charge >= 0.3 is 0 Å². The summed E-state index contributed by atoms with van der Waals surface area (Å²) < 4.78 is 0. The van der Waals surface area contributed by atoms with E-state index in [9.17, 15) is 0 Å². The molecule has 1 rings (SSSR count). The van der Waals surface area contributed by atoms with Gasteiger partial charge in [-0.15, -0.1) is 0 Å². The van der Waals surface area contributed by atoms with Crippen molar-refractivity contribution >= 4 is 17.5 Å². The van der Waals surface area contributed by atoms with Crippen molar-refractivity contribution in [2.75, 3.05) is 30.5 Å². The average molecular weight is 167 g/mol. The van der Waals surface area contributed by atoms with Crippen LogP contribution < -0.4 is 16.4 Å². The number of nitrogen functional groups attached to an aromatic ring is 1. The first kappa shape index (κ1) is 8.58. The van der Waals surface area contributed by atoms with E-state index in [2.05, 4.69) is 20.6 Å². The van der Waals surface area contributed by atoms with Crippen LogP contribution >= 0.6 is 0 Å². The minimum absolute atomic E-state index is 0.575. The summed E-state index contributed by atoms with van der Waals surface area (Å²) in [6, 6.07) is 0. The molecule has 0 aromatic carbocycles. The standard InChI is InChI=1S/C7H13N5/c1-4-5(8)6(9-2)12-7(10-3)11-4/h8H2,1-3H3,(H2,9,10,11,12). The van der Waals surface area contributed by atoms with E-state index in [1.165, 1.54) is 0 Å². The van der Waals surface area contributed by atoms with E-state index in [0.717, 1.165) is 5.69 Å². The van der Waals surface area contributed by atoms with Crippen LogP contribution in [-0.2, 0) is 0 Å². The first-order chi connectivity index (χ1) is 5.69. The summed E-state index contributed by atoms with van der Waals surface area (Å²) in [7, 11) is 3.54. The molecule has 0 aliphatic heterocycles. The molecule has 1 aromatic rings. The van der Waals surface area contributed by atoms with E-state index in [1.54, 1.807) is 14.1 Å². The van der Waals surface area contributed by atoms with E-state index < -0.39 is 0 Å². The van der Waals surface area contributed by atoms with Crippen molar-refractivity contribution in [3.63, 3.8) is 0 Å². The molecule has 0 atom stereocenters.